The van der Waals surface area contributed by atoms with Crippen LogP contribution in [0.5, 0.6) is 0 Å². The topological polar surface area (TPSA) is 68.2 Å². The predicted octanol–water partition coefficient (Wildman–Crippen LogP) is 0.763. The van der Waals surface area contributed by atoms with Crippen molar-refractivity contribution in [2.24, 2.45) is 5.73 Å². The van der Waals surface area contributed by atoms with Crippen LogP contribution in [0.1, 0.15) is 26.7 Å². The van der Waals surface area contributed by atoms with E-state index in [0.717, 1.165) is 6.54 Å². The Kier molecular flexibility index (Phi) is 3.25. The Labute approximate surface area is 77.9 Å². The van der Waals surface area contributed by atoms with Gasteiger partial charge in [0.05, 0.1) is 6.54 Å². The third-order valence-electron chi connectivity index (χ3n) is 1.84. The van der Waals surface area contributed by atoms with Gasteiger partial charge in [0.15, 0.2) is 0 Å². The number of hydrogen-bond donors (Lipinski definition) is 1. The van der Waals surface area contributed by atoms with Crippen molar-refractivity contribution >= 4 is 6.01 Å². The number of hydrogen-bond acceptors (Lipinski definition) is 5. The second kappa shape index (κ2) is 4.23. The standard InChI is InChI=1S/C8H16N4O/c1-4-12(6(2)3)8-11-10-7(5-9)13-8/h6H,4-5,9H2,1-3H3. The van der Waals surface area contributed by atoms with Crippen LogP contribution in [0, 0.1) is 0 Å². The first-order chi connectivity index (χ1) is 6.19. The van der Waals surface area contributed by atoms with Gasteiger partial charge in [0.2, 0.25) is 5.89 Å². The van der Waals surface area contributed by atoms with E-state index in [0.29, 0.717) is 24.5 Å². The lowest BCUT2D eigenvalue weighted by Crippen LogP contribution is -2.30. The minimum absolute atomic E-state index is 0.294. The van der Waals surface area contributed by atoms with Crippen LogP contribution >= 0.6 is 0 Å². The van der Waals surface area contributed by atoms with Crippen molar-refractivity contribution in [1.82, 2.24) is 10.2 Å². The van der Waals surface area contributed by atoms with Gasteiger partial charge in [-0.05, 0) is 20.8 Å². The van der Waals surface area contributed by atoms with E-state index in [9.17, 15) is 0 Å². The van der Waals surface area contributed by atoms with Crippen molar-refractivity contribution in [3.63, 3.8) is 0 Å². The number of rotatable bonds is 4. The first-order valence-corrected chi connectivity index (χ1v) is 4.48. The quantitative estimate of drug-likeness (QED) is 0.748. The molecule has 2 N–H and O–H groups in total. The Balaban J connectivity index is 2.79. The van der Waals surface area contributed by atoms with Crippen LogP contribution in [-0.2, 0) is 6.54 Å². The molecule has 1 rings (SSSR count). The zero-order chi connectivity index (χ0) is 9.84. The van der Waals surface area contributed by atoms with Gasteiger partial charge in [-0.25, -0.2) is 0 Å². The molecule has 5 nitrogen and oxygen atoms in total. The highest BCUT2D eigenvalue weighted by Gasteiger charge is 2.14. The summed E-state index contributed by atoms with van der Waals surface area (Å²) in [7, 11) is 0. The molecule has 0 bridgehead atoms. The Morgan fingerprint density at radius 1 is 1.46 bits per heavy atom. The first-order valence-electron chi connectivity index (χ1n) is 4.48. The maximum Gasteiger partial charge on any atom is 0.318 e. The summed E-state index contributed by atoms with van der Waals surface area (Å²) in [5.74, 6) is 0.481. The molecule has 0 saturated carbocycles. The van der Waals surface area contributed by atoms with Gasteiger partial charge in [-0.15, -0.1) is 5.10 Å². The van der Waals surface area contributed by atoms with Crippen molar-refractivity contribution in [2.45, 2.75) is 33.4 Å². The smallest absolute Gasteiger partial charge is 0.318 e. The Morgan fingerprint density at radius 2 is 2.15 bits per heavy atom. The highest BCUT2D eigenvalue weighted by atomic mass is 16.4. The molecule has 0 aliphatic carbocycles. The molecule has 74 valence electrons. The fourth-order valence-corrected chi connectivity index (χ4v) is 1.16. The van der Waals surface area contributed by atoms with Crippen molar-refractivity contribution in [1.29, 1.82) is 0 Å². The van der Waals surface area contributed by atoms with Crippen LogP contribution in [-0.4, -0.2) is 22.8 Å². The lowest BCUT2D eigenvalue weighted by molar-refractivity contribution is 0.475. The maximum atomic E-state index is 5.37. The monoisotopic (exact) mass is 184 g/mol. The summed E-state index contributed by atoms with van der Waals surface area (Å²) in [5, 5.41) is 7.71. The van der Waals surface area contributed by atoms with Gasteiger partial charge in [0.25, 0.3) is 0 Å². The van der Waals surface area contributed by atoms with Crippen molar-refractivity contribution < 1.29 is 4.42 Å². The summed E-state index contributed by atoms with van der Waals surface area (Å²) in [4.78, 5) is 2.02. The molecule has 0 radical (unpaired) electrons. The molecule has 0 saturated heterocycles. The predicted molar refractivity (Wildman–Crippen MR) is 50.3 cm³/mol. The first kappa shape index (κ1) is 9.98. The molecule has 1 heterocycles. The van der Waals surface area contributed by atoms with E-state index in [1.165, 1.54) is 0 Å². The fourth-order valence-electron chi connectivity index (χ4n) is 1.16. The molecule has 0 spiro atoms. The number of nitrogens with two attached hydrogens (primary N) is 1. The highest BCUT2D eigenvalue weighted by molar-refractivity contribution is 5.24. The van der Waals surface area contributed by atoms with Crippen molar-refractivity contribution in [3.05, 3.63) is 5.89 Å². The summed E-state index contributed by atoms with van der Waals surface area (Å²) in [6.07, 6.45) is 0. The molecule has 0 amide bonds. The summed E-state index contributed by atoms with van der Waals surface area (Å²) in [6.45, 7) is 7.35. The van der Waals surface area contributed by atoms with Gasteiger partial charge in [0.1, 0.15) is 0 Å². The second-order valence-electron chi connectivity index (χ2n) is 3.06. The molecule has 0 fully saturated rings. The second-order valence-corrected chi connectivity index (χ2v) is 3.06. The number of anilines is 1. The fraction of sp³-hybridized carbons (Fsp3) is 0.750. The largest absolute Gasteiger partial charge is 0.407 e. The molecule has 0 aliphatic heterocycles. The summed E-state index contributed by atoms with van der Waals surface area (Å²) in [6, 6.07) is 0.911. The molecule has 0 atom stereocenters. The lowest BCUT2D eigenvalue weighted by Gasteiger charge is -2.21. The molecule has 5 heteroatoms. The van der Waals surface area contributed by atoms with Gasteiger partial charge >= 0.3 is 6.01 Å². The van der Waals surface area contributed by atoms with Crippen LogP contribution in [0.2, 0.25) is 0 Å². The van der Waals surface area contributed by atoms with E-state index < -0.39 is 0 Å². The lowest BCUT2D eigenvalue weighted by atomic mass is 10.3. The van der Waals surface area contributed by atoms with E-state index in [4.69, 9.17) is 10.2 Å². The van der Waals surface area contributed by atoms with Crippen molar-refractivity contribution in [3.8, 4) is 0 Å². The zero-order valence-corrected chi connectivity index (χ0v) is 8.32. The highest BCUT2D eigenvalue weighted by Crippen LogP contribution is 2.14. The SMILES string of the molecule is CCN(c1nnc(CN)o1)C(C)C. The van der Waals surface area contributed by atoms with E-state index in [2.05, 4.69) is 24.0 Å². The van der Waals surface area contributed by atoms with Crippen LogP contribution in [0.15, 0.2) is 4.42 Å². The van der Waals surface area contributed by atoms with Crippen LogP contribution in [0.4, 0.5) is 6.01 Å². The minimum Gasteiger partial charge on any atom is -0.407 e. The van der Waals surface area contributed by atoms with Crippen LogP contribution in [0.25, 0.3) is 0 Å². The molecule has 13 heavy (non-hydrogen) atoms. The van der Waals surface area contributed by atoms with Gasteiger partial charge in [-0.2, -0.15) is 0 Å². The summed E-state index contributed by atoms with van der Waals surface area (Å²) < 4.78 is 5.33. The maximum absolute atomic E-state index is 5.37. The number of aromatic nitrogens is 2. The van der Waals surface area contributed by atoms with E-state index >= 15 is 0 Å². The van der Waals surface area contributed by atoms with Crippen LogP contribution < -0.4 is 10.6 Å². The number of nitrogens with zero attached hydrogens (tertiary/aromatic N) is 3. The van der Waals surface area contributed by atoms with Gasteiger partial charge < -0.3 is 15.1 Å². The summed E-state index contributed by atoms with van der Waals surface area (Å²) in [5.41, 5.74) is 5.37. The summed E-state index contributed by atoms with van der Waals surface area (Å²) >= 11 is 0. The zero-order valence-electron chi connectivity index (χ0n) is 8.32. The molecule has 0 unspecified atom stereocenters. The van der Waals surface area contributed by atoms with Gasteiger partial charge in [-0.1, -0.05) is 5.10 Å². The van der Waals surface area contributed by atoms with E-state index in [1.807, 2.05) is 11.8 Å². The van der Waals surface area contributed by atoms with Crippen molar-refractivity contribution in [2.75, 3.05) is 11.4 Å². The van der Waals surface area contributed by atoms with E-state index in [-0.39, 0.29) is 0 Å². The Bertz CT molecular complexity index is 258. The third kappa shape index (κ3) is 2.18. The van der Waals surface area contributed by atoms with E-state index in [1.54, 1.807) is 0 Å². The molecule has 1 aromatic heterocycles. The third-order valence-corrected chi connectivity index (χ3v) is 1.84. The average molecular weight is 184 g/mol. The average Bonchev–Trinajstić information content (AvgIpc) is 2.53. The Morgan fingerprint density at radius 3 is 2.54 bits per heavy atom. The molecule has 1 aromatic rings. The van der Waals surface area contributed by atoms with Gasteiger partial charge in [-0.3, -0.25) is 0 Å². The molecular formula is C8H16N4O. The molecular weight excluding hydrogens is 168 g/mol. The minimum atomic E-state index is 0.294. The van der Waals surface area contributed by atoms with Gasteiger partial charge in [0, 0.05) is 12.6 Å². The Hall–Kier alpha value is -1.10. The molecule has 0 aromatic carbocycles. The normalized spacial score (nSPS) is 10.8. The molecule has 0 aliphatic rings. The van der Waals surface area contributed by atoms with Crippen LogP contribution in [0.3, 0.4) is 0 Å².